The quantitative estimate of drug-likeness (QED) is 0.706. The maximum Gasteiger partial charge on any atom is 0.278 e. The summed E-state index contributed by atoms with van der Waals surface area (Å²) < 4.78 is 0. The number of imide groups is 1. The Morgan fingerprint density at radius 2 is 1.60 bits per heavy atom. The Balaban J connectivity index is 1.76. The molecule has 30 heavy (non-hydrogen) atoms. The molecule has 0 spiro atoms. The highest BCUT2D eigenvalue weighted by Crippen LogP contribution is 2.34. The van der Waals surface area contributed by atoms with Gasteiger partial charge >= 0.3 is 0 Å². The van der Waals surface area contributed by atoms with Crippen LogP contribution in [0.4, 0.5) is 0 Å². The molecular formula is C24H26ClN3O2. The molecule has 2 aliphatic rings. The van der Waals surface area contributed by atoms with Gasteiger partial charge in [0.05, 0.1) is 12.1 Å². The van der Waals surface area contributed by atoms with Gasteiger partial charge < -0.3 is 9.80 Å². The summed E-state index contributed by atoms with van der Waals surface area (Å²) in [5.41, 5.74) is 4.84. The molecule has 0 saturated carbocycles. The Labute approximate surface area is 182 Å². The first-order valence-corrected chi connectivity index (χ1v) is 10.6. The molecule has 0 bridgehead atoms. The summed E-state index contributed by atoms with van der Waals surface area (Å²) in [6.07, 6.45) is 0. The predicted octanol–water partition coefficient (Wildman–Crippen LogP) is 3.48. The average molecular weight is 424 g/mol. The number of piperazine rings is 1. The molecule has 2 aromatic rings. The van der Waals surface area contributed by atoms with E-state index in [-0.39, 0.29) is 18.4 Å². The molecule has 0 unspecified atom stereocenters. The number of carbonyl (C=O) groups is 2. The molecule has 1 saturated heterocycles. The molecule has 2 aliphatic heterocycles. The van der Waals surface area contributed by atoms with E-state index in [1.807, 2.05) is 50.2 Å². The SMILES string of the molecule is Cc1ccc(C2=C(N3CCN(C)CC3)C(=O)N(Cc3ccccc3Cl)C2=O)cc1C. The summed E-state index contributed by atoms with van der Waals surface area (Å²) in [6.45, 7) is 7.39. The third kappa shape index (κ3) is 3.75. The van der Waals surface area contributed by atoms with E-state index in [2.05, 4.69) is 16.8 Å². The van der Waals surface area contributed by atoms with Crippen LogP contribution in [0.5, 0.6) is 0 Å². The third-order valence-electron chi connectivity index (χ3n) is 6.04. The average Bonchev–Trinajstić information content (AvgIpc) is 2.97. The maximum absolute atomic E-state index is 13.5. The zero-order chi connectivity index (χ0) is 21.4. The van der Waals surface area contributed by atoms with Gasteiger partial charge in [0.15, 0.2) is 0 Å². The predicted molar refractivity (Wildman–Crippen MR) is 119 cm³/mol. The first kappa shape index (κ1) is 20.6. The van der Waals surface area contributed by atoms with Crippen LogP contribution in [0.15, 0.2) is 48.2 Å². The number of carbonyl (C=O) groups excluding carboxylic acids is 2. The molecule has 5 nitrogen and oxygen atoms in total. The van der Waals surface area contributed by atoms with Crippen molar-refractivity contribution in [1.82, 2.24) is 14.7 Å². The maximum atomic E-state index is 13.5. The van der Waals surface area contributed by atoms with E-state index in [9.17, 15) is 9.59 Å². The molecule has 4 rings (SSSR count). The van der Waals surface area contributed by atoms with Gasteiger partial charge in [0.25, 0.3) is 11.8 Å². The van der Waals surface area contributed by atoms with Crippen LogP contribution >= 0.6 is 11.6 Å². The molecule has 2 amide bonds. The van der Waals surface area contributed by atoms with Crippen molar-refractivity contribution in [1.29, 1.82) is 0 Å². The fourth-order valence-corrected chi connectivity index (χ4v) is 4.18. The van der Waals surface area contributed by atoms with Gasteiger partial charge in [-0.25, -0.2) is 0 Å². The second-order valence-electron chi connectivity index (χ2n) is 8.10. The Bertz CT molecular complexity index is 1040. The van der Waals surface area contributed by atoms with Crippen LogP contribution in [-0.4, -0.2) is 59.7 Å². The second kappa shape index (κ2) is 8.25. The first-order valence-electron chi connectivity index (χ1n) is 10.2. The molecule has 1 fully saturated rings. The molecule has 0 N–H and O–H groups in total. The normalized spacial score (nSPS) is 18.0. The van der Waals surface area contributed by atoms with Crippen molar-refractivity contribution < 1.29 is 9.59 Å². The van der Waals surface area contributed by atoms with Crippen LogP contribution in [0.25, 0.3) is 5.57 Å². The zero-order valence-corrected chi connectivity index (χ0v) is 18.4. The highest BCUT2D eigenvalue weighted by Gasteiger charge is 2.42. The van der Waals surface area contributed by atoms with Gasteiger partial charge in [-0.3, -0.25) is 14.5 Å². The molecule has 0 aliphatic carbocycles. The van der Waals surface area contributed by atoms with Crippen molar-refractivity contribution in [2.75, 3.05) is 33.2 Å². The van der Waals surface area contributed by atoms with Gasteiger partial charge in [-0.05, 0) is 49.2 Å². The number of hydrogen-bond acceptors (Lipinski definition) is 4. The summed E-state index contributed by atoms with van der Waals surface area (Å²) in [6, 6.07) is 13.3. The van der Waals surface area contributed by atoms with Gasteiger partial charge in [-0.2, -0.15) is 0 Å². The standard InChI is InChI=1S/C24H26ClN3O2/c1-16-8-9-18(14-17(16)2)21-22(27-12-10-26(3)11-13-27)24(30)28(23(21)29)15-19-6-4-5-7-20(19)25/h4-9,14H,10-13,15H2,1-3H3. The number of halogens is 1. The van der Waals surface area contributed by atoms with Crippen LogP contribution in [0.3, 0.4) is 0 Å². The number of hydrogen-bond donors (Lipinski definition) is 0. The van der Waals surface area contributed by atoms with Crippen LogP contribution in [0.2, 0.25) is 5.02 Å². The molecule has 0 aromatic heterocycles. The lowest BCUT2D eigenvalue weighted by molar-refractivity contribution is -0.138. The van der Waals surface area contributed by atoms with E-state index in [1.165, 1.54) is 4.90 Å². The third-order valence-corrected chi connectivity index (χ3v) is 6.41. The van der Waals surface area contributed by atoms with E-state index in [4.69, 9.17) is 11.6 Å². The minimum Gasteiger partial charge on any atom is -0.364 e. The van der Waals surface area contributed by atoms with E-state index >= 15 is 0 Å². The number of benzene rings is 2. The molecule has 6 heteroatoms. The van der Waals surface area contributed by atoms with Crippen molar-refractivity contribution in [3.63, 3.8) is 0 Å². The van der Waals surface area contributed by atoms with E-state index < -0.39 is 0 Å². The summed E-state index contributed by atoms with van der Waals surface area (Å²) in [5, 5.41) is 0.555. The fourth-order valence-electron chi connectivity index (χ4n) is 3.98. The minimum absolute atomic E-state index is 0.170. The Hall–Kier alpha value is -2.63. The molecule has 2 heterocycles. The fraction of sp³-hybridized carbons (Fsp3) is 0.333. The zero-order valence-electron chi connectivity index (χ0n) is 17.6. The van der Waals surface area contributed by atoms with Crippen LogP contribution in [0, 0.1) is 13.8 Å². The van der Waals surface area contributed by atoms with Crippen molar-refractivity contribution in [2.45, 2.75) is 20.4 Å². The van der Waals surface area contributed by atoms with Crippen molar-refractivity contribution in [3.05, 3.63) is 75.4 Å². The molecular weight excluding hydrogens is 398 g/mol. The first-order chi connectivity index (χ1) is 14.4. The van der Waals surface area contributed by atoms with Gasteiger partial charge in [0, 0.05) is 31.2 Å². The van der Waals surface area contributed by atoms with Gasteiger partial charge in [0.2, 0.25) is 0 Å². The lowest BCUT2D eigenvalue weighted by Crippen LogP contribution is -2.46. The summed E-state index contributed by atoms with van der Waals surface area (Å²) in [5.74, 6) is -0.491. The number of amides is 2. The van der Waals surface area contributed by atoms with Crippen molar-refractivity contribution in [3.8, 4) is 0 Å². The monoisotopic (exact) mass is 423 g/mol. The topological polar surface area (TPSA) is 43.9 Å². The summed E-state index contributed by atoms with van der Waals surface area (Å²) >= 11 is 6.31. The minimum atomic E-state index is -0.253. The summed E-state index contributed by atoms with van der Waals surface area (Å²) in [4.78, 5) is 32.6. The second-order valence-corrected chi connectivity index (χ2v) is 8.51. The molecule has 2 aromatic carbocycles. The largest absolute Gasteiger partial charge is 0.364 e. The Morgan fingerprint density at radius 3 is 2.27 bits per heavy atom. The van der Waals surface area contributed by atoms with E-state index in [1.54, 1.807) is 6.07 Å². The van der Waals surface area contributed by atoms with Crippen LogP contribution < -0.4 is 0 Å². The highest BCUT2D eigenvalue weighted by molar-refractivity contribution is 6.35. The van der Waals surface area contributed by atoms with Crippen LogP contribution in [-0.2, 0) is 16.1 Å². The Kier molecular flexibility index (Phi) is 5.67. The summed E-state index contributed by atoms with van der Waals surface area (Å²) in [7, 11) is 2.07. The van der Waals surface area contributed by atoms with Gasteiger partial charge in [-0.1, -0.05) is 48.0 Å². The van der Waals surface area contributed by atoms with Crippen molar-refractivity contribution in [2.24, 2.45) is 0 Å². The number of aryl methyl sites for hydroxylation is 2. The smallest absolute Gasteiger partial charge is 0.278 e. The lowest BCUT2D eigenvalue weighted by Gasteiger charge is -2.34. The number of rotatable bonds is 4. The van der Waals surface area contributed by atoms with E-state index in [0.29, 0.717) is 16.3 Å². The molecule has 0 radical (unpaired) electrons. The lowest BCUT2D eigenvalue weighted by atomic mass is 9.99. The number of likely N-dealkylation sites (N-methyl/N-ethyl adjacent to an activating group) is 1. The molecule has 156 valence electrons. The molecule has 0 atom stereocenters. The van der Waals surface area contributed by atoms with Crippen molar-refractivity contribution >= 4 is 29.0 Å². The Morgan fingerprint density at radius 1 is 0.900 bits per heavy atom. The van der Waals surface area contributed by atoms with E-state index in [0.717, 1.165) is 48.4 Å². The van der Waals surface area contributed by atoms with Crippen LogP contribution in [0.1, 0.15) is 22.3 Å². The highest BCUT2D eigenvalue weighted by atomic mass is 35.5. The number of nitrogens with zero attached hydrogens (tertiary/aromatic N) is 3. The van der Waals surface area contributed by atoms with Gasteiger partial charge in [0.1, 0.15) is 5.70 Å². The van der Waals surface area contributed by atoms with Gasteiger partial charge in [-0.15, -0.1) is 0 Å².